The number of aromatic carboxylic acids is 1. The lowest BCUT2D eigenvalue weighted by Gasteiger charge is -2.13. The highest BCUT2D eigenvalue weighted by Crippen LogP contribution is 2.25. The second kappa shape index (κ2) is 6.42. The van der Waals surface area contributed by atoms with Crippen LogP contribution in [0.3, 0.4) is 0 Å². The molecule has 8 heteroatoms. The molecule has 0 spiro atoms. The van der Waals surface area contributed by atoms with Crippen molar-refractivity contribution < 1.29 is 27.8 Å². The Bertz CT molecular complexity index is 622. The van der Waals surface area contributed by atoms with E-state index in [0.717, 1.165) is 12.5 Å². The molecule has 2 N–H and O–H groups in total. The third kappa shape index (κ3) is 3.72. The predicted octanol–water partition coefficient (Wildman–Crippen LogP) is 0.708. The molecule has 116 valence electrons. The highest BCUT2D eigenvalue weighted by atomic mass is 32.2. The van der Waals surface area contributed by atoms with Gasteiger partial charge in [0.25, 0.3) is 0 Å². The highest BCUT2D eigenvalue weighted by Gasteiger charge is 2.24. The molecule has 1 aliphatic heterocycles. The molecule has 7 nitrogen and oxygen atoms in total. The van der Waals surface area contributed by atoms with E-state index in [1.54, 1.807) is 0 Å². The Kier molecular flexibility index (Phi) is 4.81. The van der Waals surface area contributed by atoms with Crippen LogP contribution in [0, 0.1) is 5.92 Å². The number of hydrogen-bond acceptors (Lipinski definition) is 5. The number of ether oxygens (including phenoxy) is 2. The molecule has 0 radical (unpaired) electrons. The van der Waals surface area contributed by atoms with Crippen LogP contribution in [0.4, 0.5) is 0 Å². The number of nitrogens with one attached hydrogen (secondary N) is 1. The maximum absolute atomic E-state index is 12.3. The van der Waals surface area contributed by atoms with Gasteiger partial charge in [-0.25, -0.2) is 17.9 Å². The van der Waals surface area contributed by atoms with Crippen LogP contribution in [0.5, 0.6) is 5.75 Å². The zero-order chi connectivity index (χ0) is 15.5. The van der Waals surface area contributed by atoms with Gasteiger partial charge < -0.3 is 14.6 Å². The van der Waals surface area contributed by atoms with Gasteiger partial charge >= 0.3 is 5.97 Å². The van der Waals surface area contributed by atoms with Gasteiger partial charge in [-0.15, -0.1) is 0 Å². The van der Waals surface area contributed by atoms with Gasteiger partial charge in [0, 0.05) is 13.2 Å². The van der Waals surface area contributed by atoms with Crippen molar-refractivity contribution in [2.45, 2.75) is 11.3 Å². The lowest BCUT2D eigenvalue weighted by Crippen LogP contribution is -2.30. The number of carboxylic acid groups (broad SMARTS) is 1. The van der Waals surface area contributed by atoms with Crippen LogP contribution in [0.2, 0.25) is 0 Å². The zero-order valence-electron chi connectivity index (χ0n) is 11.5. The van der Waals surface area contributed by atoms with Gasteiger partial charge in [0.05, 0.1) is 19.3 Å². The van der Waals surface area contributed by atoms with E-state index in [0.29, 0.717) is 13.2 Å². The first-order valence-corrected chi connectivity index (χ1v) is 7.91. The molecule has 1 aliphatic rings. The van der Waals surface area contributed by atoms with Gasteiger partial charge in [0.2, 0.25) is 10.0 Å². The highest BCUT2D eigenvalue weighted by molar-refractivity contribution is 7.89. The first-order chi connectivity index (χ1) is 9.94. The SMILES string of the molecule is COc1ccc(C(=O)O)cc1S(=O)(=O)NCC1CCOC1. The van der Waals surface area contributed by atoms with Gasteiger partial charge in [-0.05, 0) is 30.5 Å². The average molecular weight is 315 g/mol. The zero-order valence-corrected chi connectivity index (χ0v) is 12.4. The second-order valence-electron chi connectivity index (χ2n) is 4.75. The van der Waals surface area contributed by atoms with E-state index in [2.05, 4.69) is 4.72 Å². The van der Waals surface area contributed by atoms with Gasteiger partial charge in [-0.2, -0.15) is 0 Å². The van der Waals surface area contributed by atoms with Crippen LogP contribution in [0.1, 0.15) is 16.8 Å². The minimum atomic E-state index is -3.84. The van der Waals surface area contributed by atoms with Crippen molar-refractivity contribution >= 4 is 16.0 Å². The molecule has 1 heterocycles. The van der Waals surface area contributed by atoms with Gasteiger partial charge in [0.15, 0.2) is 0 Å². The predicted molar refractivity (Wildman–Crippen MR) is 74.1 cm³/mol. The molecule has 1 unspecified atom stereocenters. The minimum Gasteiger partial charge on any atom is -0.495 e. The summed E-state index contributed by atoms with van der Waals surface area (Å²) >= 11 is 0. The van der Waals surface area contributed by atoms with E-state index >= 15 is 0 Å². The van der Waals surface area contributed by atoms with E-state index in [9.17, 15) is 13.2 Å². The average Bonchev–Trinajstić information content (AvgIpc) is 2.98. The summed E-state index contributed by atoms with van der Waals surface area (Å²) < 4.78 is 37.3. The summed E-state index contributed by atoms with van der Waals surface area (Å²) in [5.41, 5.74) is -0.111. The number of sulfonamides is 1. The molecular weight excluding hydrogens is 298 g/mol. The van der Waals surface area contributed by atoms with Crippen molar-refractivity contribution in [2.24, 2.45) is 5.92 Å². The fraction of sp³-hybridized carbons (Fsp3) is 0.462. The van der Waals surface area contributed by atoms with Crippen molar-refractivity contribution in [2.75, 3.05) is 26.9 Å². The van der Waals surface area contributed by atoms with Gasteiger partial charge in [-0.3, -0.25) is 0 Å². The molecule has 1 aromatic rings. The number of methoxy groups -OCH3 is 1. The Morgan fingerprint density at radius 2 is 2.29 bits per heavy atom. The third-order valence-corrected chi connectivity index (χ3v) is 4.73. The summed E-state index contributed by atoms with van der Waals surface area (Å²) in [7, 11) is -2.51. The molecule has 21 heavy (non-hydrogen) atoms. The number of benzene rings is 1. The van der Waals surface area contributed by atoms with Crippen molar-refractivity contribution in [1.82, 2.24) is 4.72 Å². The normalized spacial score (nSPS) is 18.6. The molecule has 1 atom stereocenters. The molecule has 0 aliphatic carbocycles. The Balaban J connectivity index is 2.24. The van der Waals surface area contributed by atoms with Crippen LogP contribution in [-0.4, -0.2) is 46.4 Å². The molecule has 2 rings (SSSR count). The van der Waals surface area contributed by atoms with Gasteiger partial charge in [-0.1, -0.05) is 0 Å². The van der Waals surface area contributed by atoms with Crippen molar-refractivity contribution in [1.29, 1.82) is 0 Å². The Labute approximate surface area is 122 Å². The van der Waals surface area contributed by atoms with Gasteiger partial charge in [0.1, 0.15) is 10.6 Å². The Morgan fingerprint density at radius 3 is 2.86 bits per heavy atom. The molecule has 0 saturated carbocycles. The topological polar surface area (TPSA) is 102 Å². The largest absolute Gasteiger partial charge is 0.495 e. The lowest BCUT2D eigenvalue weighted by atomic mass is 10.1. The van der Waals surface area contributed by atoms with Crippen molar-refractivity contribution in [3.05, 3.63) is 23.8 Å². The summed E-state index contributed by atoms with van der Waals surface area (Å²) in [5.74, 6) is -0.957. The van der Waals surface area contributed by atoms with Crippen LogP contribution in [-0.2, 0) is 14.8 Å². The van der Waals surface area contributed by atoms with Crippen LogP contribution in [0.25, 0.3) is 0 Å². The molecule has 0 bridgehead atoms. The van der Waals surface area contributed by atoms with E-state index in [1.165, 1.54) is 19.2 Å². The number of carbonyl (C=O) groups is 1. The summed E-state index contributed by atoms with van der Waals surface area (Å²) in [6, 6.07) is 3.72. The fourth-order valence-corrected chi connectivity index (χ4v) is 3.38. The standard InChI is InChI=1S/C13H17NO6S/c1-19-11-3-2-10(13(15)16)6-12(11)21(17,18)14-7-9-4-5-20-8-9/h2-3,6,9,14H,4-5,7-8H2,1H3,(H,15,16). The van der Waals surface area contributed by atoms with E-state index in [1.807, 2.05) is 0 Å². The van der Waals surface area contributed by atoms with Crippen molar-refractivity contribution in [3.63, 3.8) is 0 Å². The first kappa shape index (κ1) is 15.7. The van der Waals surface area contributed by atoms with E-state index < -0.39 is 16.0 Å². The van der Waals surface area contributed by atoms with Crippen LogP contribution < -0.4 is 9.46 Å². The monoisotopic (exact) mass is 315 g/mol. The number of rotatable bonds is 6. The molecule has 0 aromatic heterocycles. The minimum absolute atomic E-state index is 0.107. The quantitative estimate of drug-likeness (QED) is 0.801. The first-order valence-electron chi connectivity index (χ1n) is 6.43. The van der Waals surface area contributed by atoms with Crippen LogP contribution in [0.15, 0.2) is 23.1 Å². The summed E-state index contributed by atoms with van der Waals surface area (Å²) in [6.07, 6.45) is 0.800. The molecule has 1 fully saturated rings. The molecular formula is C13H17NO6S. The second-order valence-corrected chi connectivity index (χ2v) is 6.49. The molecule has 1 aromatic carbocycles. The molecule has 0 amide bonds. The maximum Gasteiger partial charge on any atom is 0.335 e. The smallest absolute Gasteiger partial charge is 0.335 e. The maximum atomic E-state index is 12.3. The van der Waals surface area contributed by atoms with Crippen molar-refractivity contribution in [3.8, 4) is 5.75 Å². The van der Waals surface area contributed by atoms with E-state index in [4.69, 9.17) is 14.6 Å². The van der Waals surface area contributed by atoms with E-state index in [-0.39, 0.29) is 28.7 Å². The molecule has 1 saturated heterocycles. The lowest BCUT2D eigenvalue weighted by molar-refractivity contribution is 0.0696. The number of carboxylic acids is 1. The number of hydrogen-bond donors (Lipinski definition) is 2. The summed E-state index contributed by atoms with van der Waals surface area (Å²) in [5, 5.41) is 8.97. The Hall–Kier alpha value is -1.64. The Morgan fingerprint density at radius 1 is 1.52 bits per heavy atom. The third-order valence-electron chi connectivity index (χ3n) is 3.29. The summed E-state index contributed by atoms with van der Waals surface area (Å²) in [4.78, 5) is 10.8. The fourth-order valence-electron chi connectivity index (χ4n) is 2.07. The summed E-state index contributed by atoms with van der Waals surface area (Å²) in [6.45, 7) is 1.40. The van der Waals surface area contributed by atoms with Crippen LogP contribution >= 0.6 is 0 Å².